The summed E-state index contributed by atoms with van der Waals surface area (Å²) in [5, 5.41) is 4.28. The van der Waals surface area contributed by atoms with Crippen LogP contribution in [0.15, 0.2) is 126 Å². The number of allylic oxidation sites excluding steroid dienone is 3. The van der Waals surface area contributed by atoms with Gasteiger partial charge < -0.3 is 0 Å². The Balaban J connectivity index is 1.23. The predicted octanol–water partition coefficient (Wildman–Crippen LogP) is 8.83. The minimum Gasteiger partial charge on any atom is -0.262 e. The molecule has 194 valence electrons. The molecule has 0 atom stereocenters. The van der Waals surface area contributed by atoms with Crippen molar-refractivity contribution < 1.29 is 0 Å². The zero-order chi connectivity index (χ0) is 27.8. The van der Waals surface area contributed by atoms with Crippen molar-refractivity contribution in [2.75, 3.05) is 0 Å². The minimum absolute atomic E-state index is 0.749. The normalized spacial score (nSPS) is 12.2. The maximum absolute atomic E-state index is 4.96. The molecular weight excluding hydrogens is 502 g/mol. The standard InChI is InChI=1S/C36H25N5/c1-3-4-7-31(37-2)32-18-13-27-21-25(11-15-29(27)39-32)26-12-16-30-28(22-26)14-19-33(40-30)34-17-10-24-9-8-23-6-5-20-38-35(23)36(24)41-34/h3-22H,2H2,1H3/b4-3-,31-7-. The number of benzene rings is 3. The number of hydrogen-bond donors (Lipinski definition) is 0. The second-order valence-electron chi connectivity index (χ2n) is 9.85. The molecule has 0 radical (unpaired) electrons. The van der Waals surface area contributed by atoms with Crippen molar-refractivity contribution in [3.8, 4) is 22.5 Å². The van der Waals surface area contributed by atoms with Crippen LogP contribution in [-0.4, -0.2) is 26.7 Å². The molecule has 0 saturated heterocycles. The first-order valence-corrected chi connectivity index (χ1v) is 13.5. The molecule has 41 heavy (non-hydrogen) atoms. The van der Waals surface area contributed by atoms with Gasteiger partial charge in [0.25, 0.3) is 0 Å². The van der Waals surface area contributed by atoms with Gasteiger partial charge in [-0.15, -0.1) is 0 Å². The predicted molar refractivity (Wildman–Crippen MR) is 171 cm³/mol. The summed E-state index contributed by atoms with van der Waals surface area (Å²) in [4.78, 5) is 23.4. The van der Waals surface area contributed by atoms with E-state index in [-0.39, 0.29) is 0 Å². The van der Waals surface area contributed by atoms with E-state index in [1.165, 1.54) is 0 Å². The van der Waals surface area contributed by atoms with Crippen molar-refractivity contribution in [2.45, 2.75) is 6.92 Å². The van der Waals surface area contributed by atoms with Gasteiger partial charge in [-0.3, -0.25) is 9.98 Å². The van der Waals surface area contributed by atoms with E-state index in [0.717, 1.165) is 77.5 Å². The molecule has 0 unspecified atom stereocenters. The summed E-state index contributed by atoms with van der Waals surface area (Å²) >= 11 is 0. The lowest BCUT2D eigenvalue weighted by Crippen LogP contribution is -1.91. The molecule has 4 aromatic heterocycles. The van der Waals surface area contributed by atoms with Gasteiger partial charge in [0.15, 0.2) is 0 Å². The molecule has 0 bridgehead atoms. The van der Waals surface area contributed by atoms with Crippen LogP contribution in [-0.2, 0) is 0 Å². The van der Waals surface area contributed by atoms with Crippen molar-refractivity contribution in [3.63, 3.8) is 0 Å². The van der Waals surface area contributed by atoms with Gasteiger partial charge in [0.2, 0.25) is 0 Å². The third-order valence-electron chi connectivity index (χ3n) is 7.29. The molecule has 5 nitrogen and oxygen atoms in total. The molecule has 3 aromatic carbocycles. The van der Waals surface area contributed by atoms with Crippen LogP contribution in [0.4, 0.5) is 0 Å². The summed E-state index contributed by atoms with van der Waals surface area (Å²) in [6.07, 6.45) is 7.62. The largest absolute Gasteiger partial charge is 0.262 e. The van der Waals surface area contributed by atoms with Gasteiger partial charge in [0.1, 0.15) is 0 Å². The fraction of sp³-hybridized carbons (Fsp3) is 0.0278. The molecule has 4 heterocycles. The second-order valence-corrected chi connectivity index (χ2v) is 9.85. The molecule has 7 aromatic rings. The SMILES string of the molecule is C=N/C(=C\C=C/C)c1ccc2cc(-c3ccc4nc(-c5ccc6ccc7cccnc7c6n5)ccc4c3)ccc2n1. The van der Waals surface area contributed by atoms with Crippen LogP contribution in [0.3, 0.4) is 0 Å². The van der Waals surface area contributed by atoms with E-state index in [0.29, 0.717) is 0 Å². The highest BCUT2D eigenvalue weighted by Gasteiger charge is 2.10. The maximum Gasteiger partial charge on any atom is 0.0972 e. The number of hydrogen-bond acceptors (Lipinski definition) is 5. The van der Waals surface area contributed by atoms with Gasteiger partial charge in [-0.25, -0.2) is 15.0 Å². The highest BCUT2D eigenvalue weighted by molar-refractivity contribution is 6.03. The van der Waals surface area contributed by atoms with Crippen LogP contribution < -0.4 is 0 Å². The summed E-state index contributed by atoms with van der Waals surface area (Å²) in [5.41, 5.74) is 9.11. The lowest BCUT2D eigenvalue weighted by Gasteiger charge is -2.09. The first kappa shape index (κ1) is 24.5. The van der Waals surface area contributed by atoms with Gasteiger partial charge >= 0.3 is 0 Å². The van der Waals surface area contributed by atoms with Crippen LogP contribution in [0, 0.1) is 0 Å². The van der Waals surface area contributed by atoms with Gasteiger partial charge in [0, 0.05) is 27.7 Å². The first-order chi connectivity index (χ1) is 20.2. The Kier molecular flexibility index (Phi) is 6.10. The molecule has 0 N–H and O–H groups in total. The minimum atomic E-state index is 0.749. The number of rotatable bonds is 5. The average Bonchev–Trinajstić information content (AvgIpc) is 3.04. The second kappa shape index (κ2) is 10.2. The van der Waals surface area contributed by atoms with Crippen LogP contribution in [0.5, 0.6) is 0 Å². The third kappa shape index (κ3) is 4.53. The van der Waals surface area contributed by atoms with Crippen molar-refractivity contribution in [1.82, 2.24) is 19.9 Å². The molecule has 0 spiro atoms. The Morgan fingerprint density at radius 2 is 1.29 bits per heavy atom. The van der Waals surface area contributed by atoms with Gasteiger partial charge in [-0.05, 0) is 79.4 Å². The number of aromatic nitrogens is 4. The van der Waals surface area contributed by atoms with Gasteiger partial charge in [0.05, 0.1) is 44.8 Å². The smallest absolute Gasteiger partial charge is 0.0972 e. The van der Waals surface area contributed by atoms with E-state index in [1.807, 2.05) is 55.6 Å². The molecule has 0 aliphatic heterocycles. The Bertz CT molecular complexity index is 2190. The van der Waals surface area contributed by atoms with Crippen molar-refractivity contribution in [1.29, 1.82) is 0 Å². The summed E-state index contributed by atoms with van der Waals surface area (Å²) < 4.78 is 0. The zero-order valence-corrected chi connectivity index (χ0v) is 22.5. The maximum atomic E-state index is 4.96. The highest BCUT2D eigenvalue weighted by atomic mass is 14.8. The summed E-state index contributed by atoms with van der Waals surface area (Å²) in [6, 6.07) is 33.2. The quantitative estimate of drug-likeness (QED) is 0.127. The summed E-state index contributed by atoms with van der Waals surface area (Å²) in [5.74, 6) is 0. The fourth-order valence-corrected chi connectivity index (χ4v) is 5.17. The summed E-state index contributed by atoms with van der Waals surface area (Å²) in [7, 11) is 0. The lowest BCUT2D eigenvalue weighted by molar-refractivity contribution is 1.31. The van der Waals surface area contributed by atoms with E-state index in [2.05, 4.69) is 89.5 Å². The molecule has 0 fully saturated rings. The highest BCUT2D eigenvalue weighted by Crippen LogP contribution is 2.30. The molecular formula is C36H25N5. The van der Waals surface area contributed by atoms with E-state index < -0.39 is 0 Å². The molecule has 0 aliphatic rings. The van der Waals surface area contributed by atoms with Crippen molar-refractivity contribution >= 4 is 56.0 Å². The Labute approximate surface area is 237 Å². The Morgan fingerprint density at radius 3 is 2.02 bits per heavy atom. The fourth-order valence-electron chi connectivity index (χ4n) is 5.17. The van der Waals surface area contributed by atoms with Crippen LogP contribution in [0.2, 0.25) is 0 Å². The molecule has 7 rings (SSSR count). The molecule has 0 saturated carbocycles. The van der Waals surface area contributed by atoms with Gasteiger partial charge in [-0.1, -0.05) is 60.7 Å². The monoisotopic (exact) mass is 527 g/mol. The number of aliphatic imine (C=N–C) groups is 1. The summed E-state index contributed by atoms with van der Waals surface area (Å²) in [6.45, 7) is 5.66. The van der Waals surface area contributed by atoms with E-state index in [9.17, 15) is 0 Å². The van der Waals surface area contributed by atoms with E-state index in [4.69, 9.17) is 15.0 Å². The van der Waals surface area contributed by atoms with Crippen molar-refractivity contribution in [2.24, 2.45) is 4.99 Å². The van der Waals surface area contributed by atoms with E-state index in [1.54, 1.807) is 0 Å². The van der Waals surface area contributed by atoms with Crippen molar-refractivity contribution in [3.05, 3.63) is 127 Å². The van der Waals surface area contributed by atoms with Crippen LogP contribution >= 0.6 is 0 Å². The Hall–Kier alpha value is -5.55. The zero-order valence-electron chi connectivity index (χ0n) is 22.5. The molecule has 5 heteroatoms. The lowest BCUT2D eigenvalue weighted by atomic mass is 10.0. The molecule has 0 aliphatic carbocycles. The first-order valence-electron chi connectivity index (χ1n) is 13.5. The van der Waals surface area contributed by atoms with Crippen LogP contribution in [0.25, 0.3) is 71.8 Å². The topological polar surface area (TPSA) is 63.9 Å². The number of nitrogens with zero attached hydrogens (tertiary/aromatic N) is 5. The average molecular weight is 528 g/mol. The Morgan fingerprint density at radius 1 is 0.659 bits per heavy atom. The van der Waals surface area contributed by atoms with Crippen LogP contribution in [0.1, 0.15) is 12.6 Å². The van der Waals surface area contributed by atoms with Gasteiger partial charge in [-0.2, -0.15) is 0 Å². The van der Waals surface area contributed by atoms with E-state index >= 15 is 0 Å². The molecule has 0 amide bonds. The number of fused-ring (bicyclic) bond motifs is 5. The number of pyridine rings is 4. The third-order valence-corrected chi connectivity index (χ3v) is 7.29.